The highest BCUT2D eigenvalue weighted by atomic mass is 15.1. The quantitative estimate of drug-likeness (QED) is 0.163. The summed E-state index contributed by atoms with van der Waals surface area (Å²) >= 11 is 0. The highest BCUT2D eigenvalue weighted by Crippen LogP contribution is 2.63. The van der Waals surface area contributed by atoms with Crippen molar-refractivity contribution in [3.05, 3.63) is 258 Å². The van der Waals surface area contributed by atoms with Gasteiger partial charge >= 0.3 is 0 Å². The molecule has 0 N–H and O–H groups in total. The summed E-state index contributed by atoms with van der Waals surface area (Å²) in [6.45, 7) is 4.77. The number of para-hydroxylation sites is 1. The minimum Gasteiger partial charge on any atom is -0.310 e. The van der Waals surface area contributed by atoms with Crippen LogP contribution in [0.2, 0.25) is 0 Å². The zero-order valence-corrected chi connectivity index (χ0v) is 33.3. The molecule has 280 valence electrons. The van der Waals surface area contributed by atoms with Gasteiger partial charge in [-0.3, -0.25) is 0 Å². The molecule has 0 fully saturated rings. The Morgan fingerprint density at radius 1 is 0.288 bits per heavy atom. The van der Waals surface area contributed by atoms with Gasteiger partial charge < -0.3 is 4.90 Å². The van der Waals surface area contributed by atoms with Gasteiger partial charge in [-0.1, -0.05) is 208 Å². The molecule has 2 aliphatic carbocycles. The summed E-state index contributed by atoms with van der Waals surface area (Å²) in [6.07, 6.45) is 0. The van der Waals surface area contributed by atoms with Crippen LogP contribution in [0.3, 0.4) is 0 Å². The molecule has 0 amide bonds. The second kappa shape index (κ2) is 13.7. The molecule has 0 radical (unpaired) electrons. The second-order valence-electron chi connectivity index (χ2n) is 16.4. The average Bonchev–Trinajstić information content (AvgIpc) is 3.61. The van der Waals surface area contributed by atoms with E-state index in [-0.39, 0.29) is 5.41 Å². The lowest BCUT2D eigenvalue weighted by atomic mass is 9.55. The van der Waals surface area contributed by atoms with E-state index in [1.165, 1.54) is 77.9 Å². The molecule has 1 nitrogen and oxygen atoms in total. The zero-order valence-electron chi connectivity index (χ0n) is 33.3. The zero-order chi connectivity index (χ0) is 39.6. The Labute approximate surface area is 347 Å². The van der Waals surface area contributed by atoms with Gasteiger partial charge in [0.25, 0.3) is 0 Å². The van der Waals surface area contributed by atoms with Crippen LogP contribution in [-0.2, 0) is 10.8 Å². The van der Waals surface area contributed by atoms with E-state index in [1.807, 2.05) is 0 Å². The average molecular weight is 754 g/mol. The first-order chi connectivity index (χ1) is 29.0. The SMILES string of the molecule is CC1(C)c2ccccc2C2(c3ccccc3-c3c(-c4ccc(N(c5ccc(-c6ccccc6)cc5)c5ccccc5-c5ccccc5)cc4)cccc32)c2ccccc21. The monoisotopic (exact) mass is 753 g/mol. The van der Waals surface area contributed by atoms with Crippen LogP contribution >= 0.6 is 0 Å². The molecule has 1 heteroatoms. The van der Waals surface area contributed by atoms with Crippen LogP contribution in [0, 0.1) is 0 Å². The molecular formula is C58H43N. The first kappa shape index (κ1) is 35.0. The third-order valence-electron chi connectivity index (χ3n) is 13.0. The van der Waals surface area contributed by atoms with Crippen molar-refractivity contribution in [3.63, 3.8) is 0 Å². The van der Waals surface area contributed by atoms with Crippen LogP contribution in [0.15, 0.2) is 224 Å². The van der Waals surface area contributed by atoms with Crippen molar-refractivity contribution in [3.8, 4) is 44.5 Å². The van der Waals surface area contributed by atoms with Crippen LogP contribution in [0.4, 0.5) is 17.1 Å². The van der Waals surface area contributed by atoms with E-state index in [0.29, 0.717) is 0 Å². The van der Waals surface area contributed by atoms with Crippen LogP contribution in [-0.4, -0.2) is 0 Å². The van der Waals surface area contributed by atoms with E-state index in [4.69, 9.17) is 0 Å². The second-order valence-corrected chi connectivity index (χ2v) is 16.4. The Hall–Kier alpha value is -7.22. The van der Waals surface area contributed by atoms with Gasteiger partial charge in [0.1, 0.15) is 0 Å². The largest absolute Gasteiger partial charge is 0.310 e. The predicted molar refractivity (Wildman–Crippen MR) is 247 cm³/mol. The third-order valence-corrected chi connectivity index (χ3v) is 13.0. The summed E-state index contributed by atoms with van der Waals surface area (Å²) in [6, 6.07) is 82.7. The Morgan fingerprint density at radius 3 is 1.31 bits per heavy atom. The van der Waals surface area contributed by atoms with E-state index >= 15 is 0 Å². The van der Waals surface area contributed by atoms with Crippen molar-refractivity contribution in [2.24, 2.45) is 0 Å². The Balaban J connectivity index is 1.08. The molecule has 0 saturated heterocycles. The van der Waals surface area contributed by atoms with E-state index in [0.717, 1.165) is 17.1 Å². The summed E-state index contributed by atoms with van der Waals surface area (Å²) in [5.41, 5.74) is 20.9. The van der Waals surface area contributed by atoms with Crippen molar-refractivity contribution < 1.29 is 0 Å². The van der Waals surface area contributed by atoms with Gasteiger partial charge in [-0.25, -0.2) is 0 Å². The molecule has 0 atom stereocenters. The van der Waals surface area contributed by atoms with Crippen LogP contribution < -0.4 is 4.90 Å². The van der Waals surface area contributed by atoms with E-state index in [9.17, 15) is 0 Å². The lowest BCUT2D eigenvalue weighted by Crippen LogP contribution is -2.40. The van der Waals surface area contributed by atoms with Gasteiger partial charge in [0.2, 0.25) is 0 Å². The fraction of sp³-hybridized carbons (Fsp3) is 0.0690. The number of anilines is 3. The number of hydrogen-bond acceptors (Lipinski definition) is 1. The fourth-order valence-electron chi connectivity index (χ4n) is 10.3. The Morgan fingerprint density at radius 2 is 0.695 bits per heavy atom. The standard InChI is InChI=1S/C58H43N/c1-57(2)50-26-12-14-28-52(50)58(53-29-15-13-27-51(53)57)49-25-11-9-23-48(49)56-47(24-17-30-54(56)58)43-34-38-45(39-35-43)59(44-36-32-41(33-37-44)40-18-5-3-6-19-40)55-31-16-10-22-46(55)42-20-7-4-8-21-42/h3-39H,1-2H3. The molecule has 0 bridgehead atoms. The smallest absolute Gasteiger partial charge is 0.0719 e. The minimum absolute atomic E-state index is 0.129. The van der Waals surface area contributed by atoms with Crippen LogP contribution in [0.25, 0.3) is 44.5 Å². The number of rotatable bonds is 6. The lowest BCUT2D eigenvalue weighted by Gasteiger charge is -2.46. The number of benzene rings is 9. The molecule has 0 unspecified atom stereocenters. The summed E-state index contributed by atoms with van der Waals surface area (Å²) < 4.78 is 0. The minimum atomic E-state index is -0.422. The molecule has 59 heavy (non-hydrogen) atoms. The van der Waals surface area contributed by atoms with Crippen molar-refractivity contribution in [1.29, 1.82) is 0 Å². The first-order valence-electron chi connectivity index (χ1n) is 20.7. The van der Waals surface area contributed by atoms with Gasteiger partial charge in [0.15, 0.2) is 0 Å². The first-order valence-corrected chi connectivity index (χ1v) is 20.7. The van der Waals surface area contributed by atoms with Gasteiger partial charge in [0, 0.05) is 22.4 Å². The fourth-order valence-corrected chi connectivity index (χ4v) is 10.3. The molecule has 0 aromatic heterocycles. The maximum atomic E-state index is 2.40. The van der Waals surface area contributed by atoms with Crippen molar-refractivity contribution >= 4 is 17.1 Å². The molecule has 11 rings (SSSR count). The summed E-state index contributed by atoms with van der Waals surface area (Å²) in [5.74, 6) is 0. The topological polar surface area (TPSA) is 3.24 Å². The number of fused-ring (bicyclic) bond motifs is 9. The van der Waals surface area contributed by atoms with Gasteiger partial charge in [-0.15, -0.1) is 0 Å². The maximum Gasteiger partial charge on any atom is 0.0719 e. The van der Waals surface area contributed by atoms with Crippen molar-refractivity contribution in [2.45, 2.75) is 24.7 Å². The number of hydrogen-bond donors (Lipinski definition) is 0. The number of nitrogens with zero attached hydrogens (tertiary/aromatic N) is 1. The third kappa shape index (κ3) is 5.31. The van der Waals surface area contributed by atoms with E-state index in [2.05, 4.69) is 243 Å². The summed E-state index contributed by atoms with van der Waals surface area (Å²) in [4.78, 5) is 2.40. The Bertz CT molecular complexity index is 2940. The molecular weight excluding hydrogens is 711 g/mol. The van der Waals surface area contributed by atoms with Gasteiger partial charge in [-0.05, 0) is 103 Å². The predicted octanol–water partition coefficient (Wildman–Crippen LogP) is 15.2. The molecule has 2 aliphatic rings. The Kier molecular flexibility index (Phi) is 8.13. The van der Waals surface area contributed by atoms with Crippen molar-refractivity contribution in [1.82, 2.24) is 0 Å². The van der Waals surface area contributed by atoms with Crippen molar-refractivity contribution in [2.75, 3.05) is 4.90 Å². The molecule has 1 spiro atoms. The normalized spacial score (nSPS) is 13.9. The molecule has 9 aromatic rings. The molecule has 0 heterocycles. The van der Waals surface area contributed by atoms with Gasteiger partial charge in [-0.2, -0.15) is 0 Å². The highest BCUT2D eigenvalue weighted by molar-refractivity contribution is 5.97. The molecule has 9 aromatic carbocycles. The van der Waals surface area contributed by atoms with E-state index in [1.54, 1.807) is 0 Å². The highest BCUT2D eigenvalue weighted by Gasteiger charge is 2.53. The van der Waals surface area contributed by atoms with Gasteiger partial charge in [0.05, 0.1) is 11.1 Å². The maximum absolute atomic E-state index is 2.40. The molecule has 0 aliphatic heterocycles. The molecule has 0 saturated carbocycles. The van der Waals surface area contributed by atoms with Crippen LogP contribution in [0.5, 0.6) is 0 Å². The van der Waals surface area contributed by atoms with E-state index < -0.39 is 5.41 Å². The lowest BCUT2D eigenvalue weighted by molar-refractivity contribution is 0.563. The summed E-state index contributed by atoms with van der Waals surface area (Å²) in [5, 5.41) is 0. The summed E-state index contributed by atoms with van der Waals surface area (Å²) in [7, 11) is 0. The van der Waals surface area contributed by atoms with Crippen LogP contribution in [0.1, 0.15) is 47.2 Å².